The van der Waals surface area contributed by atoms with Gasteiger partial charge in [0.15, 0.2) is 0 Å². The Hall–Kier alpha value is -0.370. The van der Waals surface area contributed by atoms with Gasteiger partial charge in [0.2, 0.25) is 0 Å². The predicted molar refractivity (Wildman–Crippen MR) is 49.8 cm³/mol. The first-order chi connectivity index (χ1) is 4.52. The Kier molecular flexibility index (Phi) is 4.28. The number of allylic oxidation sites excluding steroid dienone is 1. The van der Waals surface area contributed by atoms with Gasteiger partial charge in [0.05, 0.1) is 5.03 Å². The Labute approximate surface area is 67.6 Å². The average Bonchev–Trinajstić information content (AvgIpc) is 1.58. The van der Waals surface area contributed by atoms with E-state index >= 15 is 0 Å². The molecule has 0 heterocycles. The molecule has 0 aromatic carbocycles. The van der Waals surface area contributed by atoms with Gasteiger partial charge in [0, 0.05) is 6.04 Å². The molecule has 0 rings (SSSR count). The van der Waals surface area contributed by atoms with E-state index in [9.17, 15) is 0 Å². The van der Waals surface area contributed by atoms with Gasteiger partial charge in [0.25, 0.3) is 0 Å². The first-order valence-corrected chi connectivity index (χ1v) is 4.13. The van der Waals surface area contributed by atoms with Crippen molar-refractivity contribution in [1.29, 1.82) is 0 Å². The second-order valence-electron chi connectivity index (χ2n) is 2.53. The van der Waals surface area contributed by atoms with Crippen LogP contribution in [0.1, 0.15) is 20.8 Å². The minimum atomic E-state index is 0.458. The van der Waals surface area contributed by atoms with Crippen LogP contribution in [-0.2, 0) is 0 Å². The molecule has 0 spiro atoms. The van der Waals surface area contributed by atoms with Crippen LogP contribution < -0.4 is 5.32 Å². The van der Waals surface area contributed by atoms with Crippen LogP contribution in [0.15, 0.2) is 23.1 Å². The molecule has 0 aliphatic carbocycles. The van der Waals surface area contributed by atoms with Gasteiger partial charge in [0.1, 0.15) is 0 Å². The van der Waals surface area contributed by atoms with Crippen LogP contribution in [0.5, 0.6) is 0 Å². The molecule has 0 saturated heterocycles. The molecule has 0 fully saturated rings. The average molecular weight is 157 g/mol. The minimum Gasteiger partial charge on any atom is -0.378 e. The van der Waals surface area contributed by atoms with E-state index in [1.54, 1.807) is 11.8 Å². The molecule has 0 aromatic heterocycles. The lowest BCUT2D eigenvalue weighted by atomic mass is 10.4. The summed E-state index contributed by atoms with van der Waals surface area (Å²) in [5.41, 5.74) is 0. The highest BCUT2D eigenvalue weighted by Crippen LogP contribution is 2.19. The quantitative estimate of drug-likeness (QED) is 0.673. The molecular formula is C8H15NS. The van der Waals surface area contributed by atoms with E-state index in [2.05, 4.69) is 32.3 Å². The zero-order chi connectivity index (χ0) is 8.15. The first kappa shape index (κ1) is 9.63. The zero-order valence-corrected chi connectivity index (χ0v) is 7.72. The largest absolute Gasteiger partial charge is 0.378 e. The van der Waals surface area contributed by atoms with Crippen LogP contribution in [-0.4, -0.2) is 6.04 Å². The molecule has 0 amide bonds. The first-order valence-electron chi connectivity index (χ1n) is 3.31. The maximum Gasteiger partial charge on any atom is 0.0655 e. The van der Waals surface area contributed by atoms with Crippen LogP contribution in [0.4, 0.5) is 0 Å². The summed E-state index contributed by atoms with van der Waals surface area (Å²) in [4.78, 5) is 1.07. The Morgan fingerprint density at radius 1 is 1.40 bits per heavy atom. The molecule has 0 saturated carbocycles. The van der Waals surface area contributed by atoms with E-state index in [-0.39, 0.29) is 0 Å². The van der Waals surface area contributed by atoms with Crippen LogP contribution in [0.25, 0.3) is 0 Å². The summed E-state index contributed by atoms with van der Waals surface area (Å²) < 4.78 is 0. The fourth-order valence-electron chi connectivity index (χ4n) is 0.562. The van der Waals surface area contributed by atoms with E-state index < -0.39 is 0 Å². The second-order valence-corrected chi connectivity index (χ2v) is 3.92. The molecule has 0 unspecified atom stereocenters. The predicted octanol–water partition coefficient (Wildman–Crippen LogP) is 2.72. The molecule has 58 valence electrons. The third kappa shape index (κ3) is 5.76. The molecule has 0 radical (unpaired) electrons. The zero-order valence-electron chi connectivity index (χ0n) is 6.90. The molecule has 0 aliphatic heterocycles. The van der Waals surface area contributed by atoms with Crippen molar-refractivity contribution in [2.45, 2.75) is 26.8 Å². The smallest absolute Gasteiger partial charge is 0.0655 e. The highest BCUT2D eigenvalue weighted by atomic mass is 32.2. The van der Waals surface area contributed by atoms with Crippen molar-refractivity contribution in [2.24, 2.45) is 0 Å². The summed E-state index contributed by atoms with van der Waals surface area (Å²) in [5.74, 6) is 0. The topological polar surface area (TPSA) is 12.0 Å². The van der Waals surface area contributed by atoms with Crippen LogP contribution >= 0.6 is 11.8 Å². The fraction of sp³-hybridized carbons (Fsp3) is 0.500. The molecule has 0 atom stereocenters. The Bertz CT molecular complexity index is 138. The molecule has 1 nitrogen and oxygen atoms in total. The Morgan fingerprint density at radius 2 is 1.90 bits per heavy atom. The molecule has 10 heavy (non-hydrogen) atoms. The summed E-state index contributed by atoms with van der Waals surface area (Å²) in [6.45, 7) is 13.7. The van der Waals surface area contributed by atoms with Gasteiger partial charge < -0.3 is 5.32 Å². The SMILES string of the molecule is C=C(C)SC(=C)NC(C)C. The summed E-state index contributed by atoms with van der Waals surface area (Å²) in [5, 5.41) is 4.16. The molecule has 1 N–H and O–H groups in total. The van der Waals surface area contributed by atoms with Gasteiger partial charge in [-0.25, -0.2) is 0 Å². The van der Waals surface area contributed by atoms with Crippen molar-refractivity contribution < 1.29 is 0 Å². The van der Waals surface area contributed by atoms with Gasteiger partial charge in [-0.2, -0.15) is 0 Å². The highest BCUT2D eigenvalue weighted by Gasteiger charge is 1.95. The second kappa shape index (κ2) is 4.45. The monoisotopic (exact) mass is 157 g/mol. The molecule has 0 aliphatic rings. The van der Waals surface area contributed by atoms with E-state index in [4.69, 9.17) is 0 Å². The lowest BCUT2D eigenvalue weighted by Gasteiger charge is -2.11. The lowest BCUT2D eigenvalue weighted by molar-refractivity contribution is 0.696. The number of hydrogen-bond acceptors (Lipinski definition) is 2. The normalized spacial score (nSPS) is 9.60. The van der Waals surface area contributed by atoms with Gasteiger partial charge in [-0.15, -0.1) is 0 Å². The molecular weight excluding hydrogens is 142 g/mol. The van der Waals surface area contributed by atoms with Crippen molar-refractivity contribution in [3.63, 3.8) is 0 Å². The molecule has 0 aromatic rings. The van der Waals surface area contributed by atoms with Crippen molar-refractivity contribution in [3.05, 3.63) is 23.1 Å². The maximum absolute atomic E-state index is 3.83. The van der Waals surface area contributed by atoms with Crippen LogP contribution in [0.3, 0.4) is 0 Å². The van der Waals surface area contributed by atoms with Crippen LogP contribution in [0.2, 0.25) is 0 Å². The molecule has 0 bridgehead atoms. The summed E-state index contributed by atoms with van der Waals surface area (Å²) in [6.07, 6.45) is 0. The van der Waals surface area contributed by atoms with Gasteiger partial charge in [-0.1, -0.05) is 24.9 Å². The minimum absolute atomic E-state index is 0.458. The standard InChI is InChI=1S/C8H15NS/c1-6(2)9-8(5)10-7(3)4/h6,9H,3,5H2,1-2,4H3. The Balaban J connectivity index is 3.54. The fourth-order valence-corrected chi connectivity index (χ4v) is 1.28. The maximum atomic E-state index is 3.83. The van der Waals surface area contributed by atoms with Crippen molar-refractivity contribution >= 4 is 11.8 Å². The van der Waals surface area contributed by atoms with Gasteiger partial charge in [-0.3, -0.25) is 0 Å². The number of nitrogens with one attached hydrogen (secondary N) is 1. The van der Waals surface area contributed by atoms with E-state index in [1.807, 2.05) is 6.92 Å². The number of rotatable bonds is 4. The summed E-state index contributed by atoms with van der Waals surface area (Å²) >= 11 is 1.58. The lowest BCUT2D eigenvalue weighted by Crippen LogP contribution is -2.19. The van der Waals surface area contributed by atoms with Crippen LogP contribution in [0, 0.1) is 0 Å². The van der Waals surface area contributed by atoms with E-state index in [1.165, 1.54) is 0 Å². The van der Waals surface area contributed by atoms with Crippen molar-refractivity contribution in [2.75, 3.05) is 0 Å². The number of thioether (sulfide) groups is 1. The van der Waals surface area contributed by atoms with Gasteiger partial charge >= 0.3 is 0 Å². The van der Waals surface area contributed by atoms with E-state index in [0.29, 0.717) is 6.04 Å². The highest BCUT2D eigenvalue weighted by molar-refractivity contribution is 8.06. The summed E-state index contributed by atoms with van der Waals surface area (Å²) in [7, 11) is 0. The number of hydrogen-bond donors (Lipinski definition) is 1. The van der Waals surface area contributed by atoms with Crippen molar-refractivity contribution in [1.82, 2.24) is 5.32 Å². The Morgan fingerprint density at radius 3 is 2.20 bits per heavy atom. The van der Waals surface area contributed by atoms with Gasteiger partial charge in [-0.05, 0) is 25.7 Å². The third-order valence-electron chi connectivity index (χ3n) is 0.747. The molecule has 2 heteroatoms. The summed E-state index contributed by atoms with van der Waals surface area (Å²) in [6, 6.07) is 0.458. The third-order valence-corrected chi connectivity index (χ3v) is 1.46. The van der Waals surface area contributed by atoms with Crippen molar-refractivity contribution in [3.8, 4) is 0 Å². The van der Waals surface area contributed by atoms with E-state index in [0.717, 1.165) is 9.93 Å².